The quantitative estimate of drug-likeness (QED) is 0.769. The van der Waals surface area contributed by atoms with Crippen molar-refractivity contribution in [3.63, 3.8) is 0 Å². The zero-order valence-corrected chi connectivity index (χ0v) is 10.8. The smallest absolute Gasteiger partial charge is 0.194 e. The van der Waals surface area contributed by atoms with Crippen molar-refractivity contribution < 1.29 is 0 Å². The number of nitrogens with zero attached hydrogens (tertiary/aromatic N) is 4. The molecule has 3 rings (SSSR count). The Kier molecular flexibility index (Phi) is 2.79. The van der Waals surface area contributed by atoms with Crippen molar-refractivity contribution in [2.45, 2.75) is 13.5 Å². The fourth-order valence-electron chi connectivity index (χ4n) is 1.97. The Morgan fingerprint density at radius 3 is 3.00 bits per heavy atom. The number of H-pyrrole nitrogens is 1. The second-order valence-corrected chi connectivity index (χ2v) is 4.66. The number of nitrogens with one attached hydrogen (secondary N) is 1. The number of benzene rings is 1. The summed E-state index contributed by atoms with van der Waals surface area (Å²) in [4.78, 5) is 11.9. The minimum Gasteiger partial charge on any atom is -0.339 e. The molecule has 19 heavy (non-hydrogen) atoms. The molecular weight excluding hydrogens is 266 g/mol. The summed E-state index contributed by atoms with van der Waals surface area (Å²) in [7, 11) is 0. The standard InChI is InChI=1S/C12H10ClN5O/c1-7-4-8-10(5-9(7)13)18(3-2-11(8)19)6-12-14-16-17-15-12/h2-5H,6H2,1H3,(H,14,15,16,17). The minimum atomic E-state index is -0.0286. The topological polar surface area (TPSA) is 76.5 Å². The van der Waals surface area contributed by atoms with Gasteiger partial charge in [0.15, 0.2) is 11.3 Å². The minimum absolute atomic E-state index is 0.0286. The van der Waals surface area contributed by atoms with Crippen LogP contribution in [0.3, 0.4) is 0 Å². The number of rotatable bonds is 2. The number of fused-ring (bicyclic) bond motifs is 1. The van der Waals surface area contributed by atoms with Gasteiger partial charge in [-0.25, -0.2) is 0 Å². The van der Waals surface area contributed by atoms with Crippen LogP contribution in [0.5, 0.6) is 0 Å². The number of hydrogen-bond donors (Lipinski definition) is 1. The van der Waals surface area contributed by atoms with E-state index in [4.69, 9.17) is 11.6 Å². The first-order valence-corrected chi connectivity index (χ1v) is 6.04. The molecule has 3 aromatic rings. The van der Waals surface area contributed by atoms with Gasteiger partial charge in [0, 0.05) is 22.7 Å². The molecule has 0 saturated carbocycles. The first-order chi connectivity index (χ1) is 9.15. The van der Waals surface area contributed by atoms with Crippen molar-refractivity contribution in [2.24, 2.45) is 0 Å². The van der Waals surface area contributed by atoms with Gasteiger partial charge in [0.05, 0.1) is 12.1 Å². The number of aromatic amines is 1. The van der Waals surface area contributed by atoms with E-state index in [-0.39, 0.29) is 5.43 Å². The lowest BCUT2D eigenvalue weighted by atomic mass is 10.1. The fraction of sp³-hybridized carbons (Fsp3) is 0.167. The predicted molar refractivity (Wildman–Crippen MR) is 71.2 cm³/mol. The summed E-state index contributed by atoms with van der Waals surface area (Å²) in [5, 5.41) is 15.0. The van der Waals surface area contributed by atoms with Gasteiger partial charge in [0.2, 0.25) is 0 Å². The van der Waals surface area contributed by atoms with Gasteiger partial charge in [-0.15, -0.1) is 10.2 Å². The fourth-order valence-corrected chi connectivity index (χ4v) is 2.13. The van der Waals surface area contributed by atoms with Crippen LogP contribution in [-0.4, -0.2) is 25.2 Å². The molecule has 0 saturated heterocycles. The van der Waals surface area contributed by atoms with Crippen LogP contribution in [0.2, 0.25) is 5.02 Å². The van der Waals surface area contributed by atoms with Crippen molar-refractivity contribution in [1.29, 1.82) is 0 Å². The molecule has 0 amide bonds. The average molecular weight is 276 g/mol. The van der Waals surface area contributed by atoms with E-state index in [1.165, 1.54) is 6.07 Å². The second kappa shape index (κ2) is 4.47. The van der Waals surface area contributed by atoms with Crippen LogP contribution in [0.15, 0.2) is 29.2 Å². The van der Waals surface area contributed by atoms with E-state index >= 15 is 0 Å². The molecule has 7 heteroatoms. The van der Waals surface area contributed by atoms with E-state index < -0.39 is 0 Å². The number of pyridine rings is 1. The van der Waals surface area contributed by atoms with E-state index in [2.05, 4.69) is 20.6 Å². The number of hydrogen-bond acceptors (Lipinski definition) is 4. The van der Waals surface area contributed by atoms with E-state index in [1.54, 1.807) is 18.3 Å². The Morgan fingerprint density at radius 1 is 1.42 bits per heavy atom. The molecule has 0 radical (unpaired) electrons. The van der Waals surface area contributed by atoms with E-state index in [0.29, 0.717) is 22.8 Å². The van der Waals surface area contributed by atoms with Gasteiger partial charge in [-0.3, -0.25) is 4.79 Å². The van der Waals surface area contributed by atoms with Gasteiger partial charge < -0.3 is 4.57 Å². The first-order valence-electron chi connectivity index (χ1n) is 5.67. The number of aromatic nitrogens is 5. The lowest BCUT2D eigenvalue weighted by Crippen LogP contribution is -2.10. The number of halogens is 1. The summed E-state index contributed by atoms with van der Waals surface area (Å²) >= 11 is 6.13. The highest BCUT2D eigenvalue weighted by atomic mass is 35.5. The Balaban J connectivity index is 2.22. The second-order valence-electron chi connectivity index (χ2n) is 4.25. The van der Waals surface area contributed by atoms with Gasteiger partial charge >= 0.3 is 0 Å². The summed E-state index contributed by atoms with van der Waals surface area (Å²) in [6.07, 6.45) is 1.70. The first kappa shape index (κ1) is 11.9. The molecule has 1 aromatic carbocycles. The number of aryl methyl sites for hydroxylation is 1. The average Bonchev–Trinajstić information content (AvgIpc) is 2.88. The van der Waals surface area contributed by atoms with E-state index in [0.717, 1.165) is 11.1 Å². The van der Waals surface area contributed by atoms with Crippen LogP contribution < -0.4 is 5.43 Å². The Bertz CT molecular complexity index is 794. The van der Waals surface area contributed by atoms with Gasteiger partial charge in [0.25, 0.3) is 0 Å². The summed E-state index contributed by atoms with van der Waals surface area (Å²) in [5.41, 5.74) is 1.61. The Labute approximate surface area is 113 Å². The number of tetrazole rings is 1. The largest absolute Gasteiger partial charge is 0.339 e. The van der Waals surface area contributed by atoms with Crippen LogP contribution >= 0.6 is 11.6 Å². The van der Waals surface area contributed by atoms with Crippen LogP contribution in [-0.2, 0) is 6.54 Å². The molecule has 2 aromatic heterocycles. The molecule has 6 nitrogen and oxygen atoms in total. The van der Waals surface area contributed by atoms with Gasteiger partial charge in [-0.1, -0.05) is 16.8 Å². The van der Waals surface area contributed by atoms with Crippen LogP contribution in [0.4, 0.5) is 0 Å². The molecule has 0 spiro atoms. The van der Waals surface area contributed by atoms with Crippen LogP contribution in [0.1, 0.15) is 11.4 Å². The van der Waals surface area contributed by atoms with Crippen LogP contribution in [0, 0.1) is 6.92 Å². The highest BCUT2D eigenvalue weighted by Gasteiger charge is 2.08. The summed E-state index contributed by atoms with van der Waals surface area (Å²) in [5.74, 6) is 0.543. The molecule has 0 atom stereocenters. The molecule has 0 unspecified atom stereocenters. The third kappa shape index (κ3) is 2.10. The maximum absolute atomic E-state index is 11.9. The third-order valence-corrected chi connectivity index (χ3v) is 3.37. The SMILES string of the molecule is Cc1cc2c(=O)ccn(Cc3nn[nH]n3)c2cc1Cl. The Hall–Kier alpha value is -2.21. The van der Waals surface area contributed by atoms with Gasteiger partial charge in [0.1, 0.15) is 0 Å². The van der Waals surface area contributed by atoms with Crippen molar-refractivity contribution >= 4 is 22.5 Å². The molecular formula is C12H10ClN5O. The molecule has 0 fully saturated rings. The maximum atomic E-state index is 11.9. The lowest BCUT2D eigenvalue weighted by molar-refractivity contribution is 0.767. The molecule has 0 aliphatic rings. The summed E-state index contributed by atoms with van der Waals surface area (Å²) in [6, 6.07) is 5.11. The highest BCUT2D eigenvalue weighted by molar-refractivity contribution is 6.32. The highest BCUT2D eigenvalue weighted by Crippen LogP contribution is 2.21. The monoisotopic (exact) mass is 275 g/mol. The molecule has 0 bridgehead atoms. The van der Waals surface area contributed by atoms with Gasteiger partial charge in [-0.2, -0.15) is 5.21 Å². The normalized spacial score (nSPS) is 11.1. The van der Waals surface area contributed by atoms with E-state index in [9.17, 15) is 4.79 Å². The molecule has 0 aliphatic heterocycles. The maximum Gasteiger partial charge on any atom is 0.194 e. The van der Waals surface area contributed by atoms with Crippen molar-refractivity contribution in [3.8, 4) is 0 Å². The Morgan fingerprint density at radius 2 is 2.26 bits per heavy atom. The molecule has 0 aliphatic carbocycles. The zero-order chi connectivity index (χ0) is 13.4. The third-order valence-electron chi connectivity index (χ3n) is 2.96. The van der Waals surface area contributed by atoms with Crippen molar-refractivity contribution in [2.75, 3.05) is 0 Å². The van der Waals surface area contributed by atoms with Crippen molar-refractivity contribution in [1.82, 2.24) is 25.2 Å². The lowest BCUT2D eigenvalue weighted by Gasteiger charge is -2.10. The van der Waals surface area contributed by atoms with Crippen LogP contribution in [0.25, 0.3) is 10.9 Å². The predicted octanol–water partition coefficient (Wildman–Crippen LogP) is 1.52. The van der Waals surface area contributed by atoms with Gasteiger partial charge in [-0.05, 0) is 24.6 Å². The summed E-state index contributed by atoms with van der Waals surface area (Å²) < 4.78 is 1.87. The molecule has 1 N–H and O–H groups in total. The van der Waals surface area contributed by atoms with Crippen molar-refractivity contribution in [3.05, 3.63) is 51.0 Å². The van der Waals surface area contributed by atoms with E-state index in [1.807, 2.05) is 11.5 Å². The summed E-state index contributed by atoms with van der Waals surface area (Å²) in [6.45, 7) is 2.30. The zero-order valence-electron chi connectivity index (χ0n) is 10.1. The molecule has 96 valence electrons. The molecule has 2 heterocycles.